The Bertz CT molecular complexity index is 451. The molecule has 2 aromatic rings. The number of hydrogen-bond acceptors (Lipinski definition) is 4. The molecule has 0 saturated carbocycles. The van der Waals surface area contributed by atoms with Crippen molar-refractivity contribution in [2.75, 3.05) is 5.73 Å². The van der Waals surface area contributed by atoms with Crippen molar-refractivity contribution in [2.45, 2.75) is 13.5 Å². The van der Waals surface area contributed by atoms with E-state index in [4.69, 9.17) is 14.9 Å². The second-order valence-electron chi connectivity index (χ2n) is 3.22. The molecule has 0 unspecified atom stereocenters. The molecule has 0 radical (unpaired) electrons. The fraction of sp³-hybridized carbons (Fsp3) is 0.182. The predicted octanol–water partition coefficient (Wildman–Crippen LogP) is 2.14. The highest BCUT2D eigenvalue weighted by Crippen LogP contribution is 2.18. The van der Waals surface area contributed by atoms with Gasteiger partial charge in [-0.15, -0.1) is 0 Å². The Kier molecular flexibility index (Phi) is 2.58. The van der Waals surface area contributed by atoms with Gasteiger partial charge in [0, 0.05) is 0 Å². The highest BCUT2D eigenvalue weighted by atomic mass is 16.5. The maximum Gasteiger partial charge on any atom is 0.292 e. The van der Waals surface area contributed by atoms with Crippen LogP contribution in [0, 0.1) is 6.92 Å². The average molecular weight is 204 g/mol. The van der Waals surface area contributed by atoms with E-state index in [0.29, 0.717) is 12.4 Å². The summed E-state index contributed by atoms with van der Waals surface area (Å²) in [6, 6.07) is 7.96. The molecule has 1 aromatic carbocycles. The largest absolute Gasteiger partial charge is 0.485 e. The Hall–Kier alpha value is -1.97. The van der Waals surface area contributed by atoms with Gasteiger partial charge in [0.1, 0.15) is 12.4 Å². The van der Waals surface area contributed by atoms with Crippen LogP contribution in [0.1, 0.15) is 11.3 Å². The Morgan fingerprint density at radius 2 is 2.20 bits per heavy atom. The van der Waals surface area contributed by atoms with Crippen LogP contribution in [0.5, 0.6) is 5.75 Å². The summed E-state index contributed by atoms with van der Waals surface area (Å²) in [6.07, 6.45) is 1.56. The summed E-state index contributed by atoms with van der Waals surface area (Å²) in [4.78, 5) is 3.78. The summed E-state index contributed by atoms with van der Waals surface area (Å²) >= 11 is 0. The lowest BCUT2D eigenvalue weighted by Gasteiger charge is -2.06. The maximum atomic E-state index is 5.55. The lowest BCUT2D eigenvalue weighted by Crippen LogP contribution is -1.95. The Morgan fingerprint density at radius 1 is 1.40 bits per heavy atom. The molecule has 0 saturated heterocycles. The van der Waals surface area contributed by atoms with Crippen molar-refractivity contribution in [1.29, 1.82) is 0 Å². The molecule has 0 spiro atoms. The first-order valence-electron chi connectivity index (χ1n) is 4.64. The molecule has 0 aliphatic heterocycles. The lowest BCUT2D eigenvalue weighted by atomic mass is 10.2. The minimum absolute atomic E-state index is 0.165. The number of aryl methyl sites for hydroxylation is 1. The molecule has 0 atom stereocenters. The van der Waals surface area contributed by atoms with Crippen molar-refractivity contribution in [2.24, 2.45) is 0 Å². The summed E-state index contributed by atoms with van der Waals surface area (Å²) in [5, 5.41) is 0. The minimum Gasteiger partial charge on any atom is -0.485 e. The quantitative estimate of drug-likeness (QED) is 0.832. The van der Waals surface area contributed by atoms with Crippen LogP contribution in [-0.4, -0.2) is 4.98 Å². The molecule has 2 rings (SSSR count). The summed E-state index contributed by atoms with van der Waals surface area (Å²) in [5.74, 6) is 1.46. The topological polar surface area (TPSA) is 61.3 Å². The average Bonchev–Trinajstić information content (AvgIpc) is 2.63. The van der Waals surface area contributed by atoms with Crippen LogP contribution in [0.25, 0.3) is 0 Å². The van der Waals surface area contributed by atoms with E-state index in [1.165, 1.54) is 0 Å². The highest BCUT2D eigenvalue weighted by molar-refractivity contribution is 5.31. The van der Waals surface area contributed by atoms with Gasteiger partial charge < -0.3 is 14.9 Å². The lowest BCUT2D eigenvalue weighted by molar-refractivity contribution is 0.271. The first-order valence-corrected chi connectivity index (χ1v) is 4.64. The van der Waals surface area contributed by atoms with E-state index in [2.05, 4.69) is 4.98 Å². The third kappa shape index (κ3) is 2.28. The maximum absolute atomic E-state index is 5.55. The molecule has 1 heterocycles. The molecule has 15 heavy (non-hydrogen) atoms. The SMILES string of the molecule is Cc1ccccc1OCc1cnc(N)o1. The molecule has 78 valence electrons. The van der Waals surface area contributed by atoms with Crippen LogP contribution in [-0.2, 0) is 6.61 Å². The third-order valence-corrected chi connectivity index (χ3v) is 2.03. The summed E-state index contributed by atoms with van der Waals surface area (Å²) in [7, 11) is 0. The number of nitrogen functional groups attached to an aromatic ring is 1. The number of benzene rings is 1. The van der Waals surface area contributed by atoms with Gasteiger partial charge in [-0.25, -0.2) is 4.98 Å². The number of hydrogen-bond donors (Lipinski definition) is 1. The van der Waals surface area contributed by atoms with Gasteiger partial charge >= 0.3 is 0 Å². The monoisotopic (exact) mass is 204 g/mol. The summed E-state index contributed by atoms with van der Waals surface area (Å²) in [6.45, 7) is 2.33. The van der Waals surface area contributed by atoms with Gasteiger partial charge in [0.25, 0.3) is 6.01 Å². The smallest absolute Gasteiger partial charge is 0.292 e. The molecule has 4 nitrogen and oxygen atoms in total. The summed E-state index contributed by atoms with van der Waals surface area (Å²) < 4.78 is 10.6. The van der Waals surface area contributed by atoms with E-state index < -0.39 is 0 Å². The Morgan fingerprint density at radius 3 is 2.87 bits per heavy atom. The van der Waals surface area contributed by atoms with Crippen molar-refractivity contribution in [3.8, 4) is 5.75 Å². The number of para-hydroxylation sites is 1. The molecule has 0 aliphatic carbocycles. The van der Waals surface area contributed by atoms with Crippen LogP contribution >= 0.6 is 0 Å². The number of anilines is 1. The van der Waals surface area contributed by atoms with Crippen molar-refractivity contribution in [3.63, 3.8) is 0 Å². The molecular formula is C11H12N2O2. The van der Waals surface area contributed by atoms with Crippen LogP contribution < -0.4 is 10.5 Å². The molecule has 0 amide bonds. The van der Waals surface area contributed by atoms with Gasteiger partial charge in [0.2, 0.25) is 0 Å². The van der Waals surface area contributed by atoms with Crippen LogP contribution in [0.4, 0.5) is 6.01 Å². The number of ether oxygens (including phenoxy) is 1. The zero-order valence-electron chi connectivity index (χ0n) is 8.43. The van der Waals surface area contributed by atoms with Crippen molar-refractivity contribution in [1.82, 2.24) is 4.98 Å². The predicted molar refractivity (Wildman–Crippen MR) is 56.4 cm³/mol. The number of nitrogens with two attached hydrogens (primary N) is 1. The summed E-state index contributed by atoms with van der Waals surface area (Å²) in [5.41, 5.74) is 6.43. The van der Waals surface area contributed by atoms with Crippen LogP contribution in [0.2, 0.25) is 0 Å². The minimum atomic E-state index is 0.165. The fourth-order valence-electron chi connectivity index (χ4n) is 1.26. The van der Waals surface area contributed by atoms with E-state index in [9.17, 15) is 0 Å². The number of aromatic nitrogens is 1. The molecule has 0 bridgehead atoms. The number of nitrogens with zero attached hydrogens (tertiary/aromatic N) is 1. The van der Waals surface area contributed by atoms with E-state index >= 15 is 0 Å². The van der Waals surface area contributed by atoms with Gasteiger partial charge in [-0.3, -0.25) is 0 Å². The van der Waals surface area contributed by atoms with E-state index in [-0.39, 0.29) is 6.01 Å². The molecule has 0 fully saturated rings. The van der Waals surface area contributed by atoms with Crippen molar-refractivity contribution in [3.05, 3.63) is 41.8 Å². The van der Waals surface area contributed by atoms with Gasteiger partial charge in [-0.1, -0.05) is 18.2 Å². The zero-order valence-corrected chi connectivity index (χ0v) is 8.43. The second-order valence-corrected chi connectivity index (χ2v) is 3.22. The van der Waals surface area contributed by atoms with Crippen LogP contribution in [0.15, 0.2) is 34.9 Å². The van der Waals surface area contributed by atoms with E-state index in [0.717, 1.165) is 11.3 Å². The fourth-order valence-corrected chi connectivity index (χ4v) is 1.26. The molecule has 4 heteroatoms. The normalized spacial score (nSPS) is 10.2. The highest BCUT2D eigenvalue weighted by Gasteiger charge is 2.02. The number of oxazole rings is 1. The van der Waals surface area contributed by atoms with Gasteiger partial charge in [0.05, 0.1) is 6.20 Å². The van der Waals surface area contributed by atoms with Crippen LogP contribution in [0.3, 0.4) is 0 Å². The Labute approximate surface area is 87.7 Å². The van der Waals surface area contributed by atoms with Gasteiger partial charge in [-0.05, 0) is 18.6 Å². The van der Waals surface area contributed by atoms with Crippen molar-refractivity contribution >= 4 is 6.01 Å². The number of rotatable bonds is 3. The molecule has 0 aliphatic rings. The second kappa shape index (κ2) is 4.04. The Balaban J connectivity index is 2.02. The van der Waals surface area contributed by atoms with Crippen molar-refractivity contribution < 1.29 is 9.15 Å². The third-order valence-electron chi connectivity index (χ3n) is 2.03. The zero-order chi connectivity index (χ0) is 10.7. The van der Waals surface area contributed by atoms with E-state index in [1.54, 1.807) is 6.20 Å². The van der Waals surface area contributed by atoms with Gasteiger partial charge in [-0.2, -0.15) is 0 Å². The van der Waals surface area contributed by atoms with E-state index in [1.807, 2.05) is 31.2 Å². The van der Waals surface area contributed by atoms with Gasteiger partial charge in [0.15, 0.2) is 5.76 Å². The first kappa shape index (κ1) is 9.58. The first-order chi connectivity index (χ1) is 7.25. The standard InChI is InChI=1S/C11H12N2O2/c1-8-4-2-3-5-10(8)14-7-9-6-13-11(12)15-9/h2-6H,7H2,1H3,(H2,12,13). The molecular weight excluding hydrogens is 192 g/mol. The molecule has 2 N–H and O–H groups in total. The molecule has 1 aromatic heterocycles.